The topological polar surface area (TPSA) is 40.2 Å². The van der Waals surface area contributed by atoms with Gasteiger partial charge < -0.3 is 14.7 Å². The zero-order valence-corrected chi connectivity index (χ0v) is 23.3. The molecular formula is C28H28Cl3N2OSi. The molecule has 3 aromatic carbocycles. The van der Waals surface area contributed by atoms with E-state index in [0.29, 0.717) is 28.2 Å². The third kappa shape index (κ3) is 5.69. The molecule has 0 saturated carbocycles. The fraction of sp³-hybridized carbons (Fsp3) is 0.214. The van der Waals surface area contributed by atoms with Crippen molar-refractivity contribution in [1.82, 2.24) is 4.57 Å². The van der Waals surface area contributed by atoms with E-state index < -0.39 is 9.04 Å². The van der Waals surface area contributed by atoms with Gasteiger partial charge in [0.15, 0.2) is 0 Å². The van der Waals surface area contributed by atoms with Crippen molar-refractivity contribution in [1.29, 1.82) is 0 Å². The van der Waals surface area contributed by atoms with E-state index in [1.807, 2.05) is 59.3 Å². The van der Waals surface area contributed by atoms with Crippen LogP contribution in [0.5, 0.6) is 0 Å². The zero-order chi connectivity index (χ0) is 25.2. The minimum Gasteiger partial charge on any atom is -0.403 e. The van der Waals surface area contributed by atoms with Crippen molar-refractivity contribution in [2.75, 3.05) is 0 Å². The van der Waals surface area contributed by atoms with Gasteiger partial charge in [-0.25, -0.2) is 0 Å². The molecule has 0 aliphatic carbocycles. The maximum absolute atomic E-state index is 7.00. The molecule has 0 aliphatic rings. The molecule has 0 aliphatic heterocycles. The number of hydrogen-bond acceptors (Lipinski definition) is 2. The first-order valence-corrected chi connectivity index (χ1v) is 13.9. The van der Waals surface area contributed by atoms with Crippen LogP contribution in [-0.2, 0) is 23.0 Å². The van der Waals surface area contributed by atoms with Gasteiger partial charge in [-0.3, -0.25) is 0 Å². The molecule has 4 rings (SSSR count). The second-order valence-corrected chi connectivity index (χ2v) is 12.7. The standard InChI is InChI=1S/C28H28Cl3N2OSi/c1-28(2,3)25-26(30)19(14-24(27(25)31)33-17-20(29)15-21(33)16-32)18-34-35(22-10-6-4-7-11-22)23-12-8-5-9-13-23/h4-15,17H,16,18,32H2,1-3H3. The van der Waals surface area contributed by atoms with E-state index in [9.17, 15) is 0 Å². The Bertz CT molecular complexity index is 1260. The van der Waals surface area contributed by atoms with Gasteiger partial charge in [0.25, 0.3) is 9.04 Å². The highest BCUT2D eigenvalue weighted by Gasteiger charge is 2.28. The molecule has 0 unspecified atom stereocenters. The predicted octanol–water partition coefficient (Wildman–Crippen LogP) is 6.52. The van der Waals surface area contributed by atoms with Crippen LogP contribution in [0.4, 0.5) is 0 Å². The summed E-state index contributed by atoms with van der Waals surface area (Å²) in [4.78, 5) is 0. The first kappa shape index (κ1) is 26.0. The van der Waals surface area contributed by atoms with Crippen LogP contribution >= 0.6 is 34.8 Å². The van der Waals surface area contributed by atoms with E-state index in [0.717, 1.165) is 22.5 Å². The second-order valence-electron chi connectivity index (χ2n) is 9.38. The van der Waals surface area contributed by atoms with Crippen LogP contribution in [0.3, 0.4) is 0 Å². The average molecular weight is 543 g/mol. The van der Waals surface area contributed by atoms with Crippen LogP contribution < -0.4 is 16.1 Å². The van der Waals surface area contributed by atoms with E-state index >= 15 is 0 Å². The molecule has 0 atom stereocenters. The summed E-state index contributed by atoms with van der Waals surface area (Å²) in [5, 5.41) is 4.16. The Morgan fingerprint density at radius 3 is 1.94 bits per heavy atom. The van der Waals surface area contributed by atoms with Crippen molar-refractivity contribution < 1.29 is 4.43 Å². The molecule has 0 amide bonds. The van der Waals surface area contributed by atoms with Gasteiger partial charge in [-0.05, 0) is 39.0 Å². The van der Waals surface area contributed by atoms with Crippen molar-refractivity contribution in [3.05, 3.63) is 111 Å². The first-order chi connectivity index (χ1) is 16.7. The summed E-state index contributed by atoms with van der Waals surface area (Å²) in [5.74, 6) is 0. The molecule has 2 N–H and O–H groups in total. The molecule has 0 spiro atoms. The Balaban J connectivity index is 1.80. The van der Waals surface area contributed by atoms with Gasteiger partial charge in [0.05, 0.1) is 27.4 Å². The fourth-order valence-corrected chi connectivity index (χ4v) is 7.37. The van der Waals surface area contributed by atoms with Gasteiger partial charge in [-0.2, -0.15) is 0 Å². The van der Waals surface area contributed by atoms with Crippen LogP contribution in [0.25, 0.3) is 5.69 Å². The number of nitrogens with zero attached hydrogens (tertiary/aromatic N) is 1. The lowest BCUT2D eigenvalue weighted by Gasteiger charge is -2.27. The number of nitrogens with two attached hydrogens (primary N) is 1. The summed E-state index contributed by atoms with van der Waals surface area (Å²) >= 11 is 20.3. The van der Waals surface area contributed by atoms with Crippen LogP contribution in [0.2, 0.25) is 15.1 Å². The van der Waals surface area contributed by atoms with E-state index in [1.54, 1.807) is 0 Å². The zero-order valence-electron chi connectivity index (χ0n) is 20.0. The molecule has 0 bridgehead atoms. The molecule has 1 aromatic heterocycles. The lowest BCUT2D eigenvalue weighted by molar-refractivity contribution is 0.321. The van der Waals surface area contributed by atoms with Crippen molar-refractivity contribution in [2.24, 2.45) is 5.73 Å². The quantitative estimate of drug-likeness (QED) is 0.270. The van der Waals surface area contributed by atoms with Gasteiger partial charge in [-0.15, -0.1) is 0 Å². The monoisotopic (exact) mass is 541 g/mol. The second kappa shape index (κ2) is 10.9. The van der Waals surface area contributed by atoms with Crippen LogP contribution in [0, 0.1) is 0 Å². The number of hydrogen-bond donors (Lipinski definition) is 1. The number of rotatable bonds is 7. The maximum Gasteiger partial charge on any atom is 0.283 e. The summed E-state index contributed by atoms with van der Waals surface area (Å²) in [5.41, 5.74) is 9.12. The third-order valence-corrected chi connectivity index (χ3v) is 8.96. The SMILES string of the molecule is CC(C)(C)c1c(Cl)c(CO[Si](c2ccccc2)c2ccccc2)cc(-n2cc(Cl)cc2CN)c1Cl. The normalized spacial score (nSPS) is 11.9. The summed E-state index contributed by atoms with van der Waals surface area (Å²) in [6.07, 6.45) is 1.83. The number of aromatic nitrogens is 1. The molecule has 35 heavy (non-hydrogen) atoms. The van der Waals surface area contributed by atoms with Gasteiger partial charge in [0.1, 0.15) is 0 Å². The highest BCUT2D eigenvalue weighted by Crippen LogP contribution is 2.42. The Kier molecular flexibility index (Phi) is 8.11. The van der Waals surface area contributed by atoms with E-state index in [2.05, 4.69) is 45.0 Å². The van der Waals surface area contributed by atoms with E-state index in [-0.39, 0.29) is 5.41 Å². The molecule has 4 aromatic rings. The van der Waals surface area contributed by atoms with E-state index in [4.69, 9.17) is 45.0 Å². The first-order valence-electron chi connectivity index (χ1n) is 11.4. The van der Waals surface area contributed by atoms with Crippen molar-refractivity contribution in [3.8, 4) is 5.69 Å². The molecule has 181 valence electrons. The Hall–Kier alpha value is -2.05. The number of benzene rings is 3. The maximum atomic E-state index is 7.00. The Morgan fingerprint density at radius 1 is 0.857 bits per heavy atom. The molecule has 7 heteroatoms. The largest absolute Gasteiger partial charge is 0.403 e. The molecule has 3 nitrogen and oxygen atoms in total. The molecule has 0 fully saturated rings. The summed E-state index contributed by atoms with van der Waals surface area (Å²) in [6.45, 7) is 6.98. The average Bonchev–Trinajstić information content (AvgIpc) is 3.21. The van der Waals surface area contributed by atoms with Gasteiger partial charge in [-0.1, -0.05) is 116 Å². The van der Waals surface area contributed by atoms with Crippen LogP contribution in [0.1, 0.15) is 37.6 Å². The minimum absolute atomic E-state index is 0.286. The predicted molar refractivity (Wildman–Crippen MR) is 150 cm³/mol. The molecular weight excluding hydrogens is 515 g/mol. The van der Waals surface area contributed by atoms with Gasteiger partial charge in [0.2, 0.25) is 0 Å². The van der Waals surface area contributed by atoms with Crippen molar-refractivity contribution in [2.45, 2.75) is 39.3 Å². The molecule has 0 saturated heterocycles. The fourth-order valence-electron chi connectivity index (χ4n) is 4.13. The van der Waals surface area contributed by atoms with Crippen molar-refractivity contribution >= 4 is 54.2 Å². The lowest BCUT2D eigenvalue weighted by Crippen LogP contribution is -2.44. The summed E-state index contributed by atoms with van der Waals surface area (Å²) < 4.78 is 8.60. The smallest absolute Gasteiger partial charge is 0.283 e. The van der Waals surface area contributed by atoms with Crippen LogP contribution in [0.15, 0.2) is 79.0 Å². The lowest BCUT2D eigenvalue weighted by atomic mass is 9.85. The summed E-state index contributed by atoms with van der Waals surface area (Å²) in [6, 6.07) is 24.5. The highest BCUT2D eigenvalue weighted by atomic mass is 35.5. The summed E-state index contributed by atoms with van der Waals surface area (Å²) in [7, 11) is -1.50. The minimum atomic E-state index is -1.50. The molecule has 1 heterocycles. The third-order valence-electron chi connectivity index (χ3n) is 5.79. The highest BCUT2D eigenvalue weighted by molar-refractivity contribution is 6.80. The Morgan fingerprint density at radius 2 is 1.43 bits per heavy atom. The van der Waals surface area contributed by atoms with E-state index in [1.165, 1.54) is 10.4 Å². The Labute approximate surface area is 224 Å². The number of halogens is 3. The van der Waals surface area contributed by atoms with Crippen molar-refractivity contribution in [3.63, 3.8) is 0 Å². The van der Waals surface area contributed by atoms with Gasteiger partial charge >= 0.3 is 0 Å². The van der Waals surface area contributed by atoms with Gasteiger partial charge in [0, 0.05) is 18.4 Å². The van der Waals surface area contributed by atoms with Crippen LogP contribution in [-0.4, -0.2) is 13.6 Å². The molecule has 1 radical (unpaired) electrons.